The highest BCUT2D eigenvalue weighted by Gasteiger charge is 2.16. The maximum atomic E-state index is 10.8. The number of rotatable bonds is 7. The summed E-state index contributed by atoms with van der Waals surface area (Å²) in [5.41, 5.74) is 0.739. The molecule has 1 rings (SSSR count). The van der Waals surface area contributed by atoms with Crippen LogP contribution < -0.4 is 10.1 Å². The summed E-state index contributed by atoms with van der Waals surface area (Å²) >= 11 is 0. The summed E-state index contributed by atoms with van der Waals surface area (Å²) in [4.78, 5) is 10.4. The van der Waals surface area contributed by atoms with Crippen molar-refractivity contribution < 1.29 is 14.8 Å². The highest BCUT2D eigenvalue weighted by Crippen LogP contribution is 2.25. The van der Waals surface area contributed by atoms with E-state index in [1.165, 1.54) is 12.1 Å². The first-order valence-electron chi connectivity index (χ1n) is 6.66. The maximum Gasteiger partial charge on any atom is 0.270 e. The van der Waals surface area contributed by atoms with E-state index in [-0.39, 0.29) is 17.8 Å². The van der Waals surface area contributed by atoms with Crippen LogP contribution in [0.15, 0.2) is 18.2 Å². The first kappa shape index (κ1) is 16.4. The second-order valence-corrected chi connectivity index (χ2v) is 5.15. The molecule has 6 heteroatoms. The Labute approximate surface area is 118 Å². The van der Waals surface area contributed by atoms with Crippen molar-refractivity contribution in [2.45, 2.75) is 52.5 Å². The minimum Gasteiger partial charge on any atom is -0.488 e. The van der Waals surface area contributed by atoms with Crippen LogP contribution in [0.3, 0.4) is 0 Å². The van der Waals surface area contributed by atoms with Crippen LogP contribution >= 0.6 is 0 Å². The molecule has 0 aliphatic carbocycles. The van der Waals surface area contributed by atoms with Crippen LogP contribution in [-0.4, -0.2) is 28.3 Å². The zero-order valence-electron chi connectivity index (χ0n) is 12.3. The second kappa shape index (κ2) is 7.21. The number of ether oxygens (including phenoxy) is 1. The molecular formula is C14H22N2O4. The zero-order chi connectivity index (χ0) is 15.3. The predicted molar refractivity (Wildman–Crippen MR) is 76.8 cm³/mol. The molecule has 1 aromatic carbocycles. The summed E-state index contributed by atoms with van der Waals surface area (Å²) in [7, 11) is 0. The van der Waals surface area contributed by atoms with Gasteiger partial charge >= 0.3 is 0 Å². The third-order valence-electron chi connectivity index (χ3n) is 2.95. The van der Waals surface area contributed by atoms with Gasteiger partial charge in [0.25, 0.3) is 5.69 Å². The molecule has 0 aliphatic rings. The smallest absolute Gasteiger partial charge is 0.270 e. The summed E-state index contributed by atoms with van der Waals surface area (Å²) in [5, 5.41) is 23.5. The Kier molecular flexibility index (Phi) is 5.91. The minimum atomic E-state index is -0.615. The molecule has 2 unspecified atom stereocenters. The van der Waals surface area contributed by atoms with Gasteiger partial charge in [-0.15, -0.1) is 0 Å². The number of hydrogen-bond donors (Lipinski definition) is 2. The lowest BCUT2D eigenvalue weighted by atomic mass is 10.1. The van der Waals surface area contributed by atoms with Crippen molar-refractivity contribution in [1.29, 1.82) is 0 Å². The van der Waals surface area contributed by atoms with Crippen molar-refractivity contribution >= 4 is 5.69 Å². The Balaban J connectivity index is 2.98. The van der Waals surface area contributed by atoms with E-state index < -0.39 is 11.0 Å². The summed E-state index contributed by atoms with van der Waals surface area (Å²) in [5.74, 6) is 0.553. The van der Waals surface area contributed by atoms with Crippen molar-refractivity contribution in [2.75, 3.05) is 0 Å². The first-order chi connectivity index (χ1) is 9.31. The fraction of sp³-hybridized carbons (Fsp3) is 0.571. The van der Waals surface area contributed by atoms with Gasteiger partial charge in [-0.1, -0.05) is 13.8 Å². The number of nitro benzene ring substituents is 1. The average molecular weight is 282 g/mol. The molecule has 0 aliphatic heterocycles. The molecular weight excluding hydrogens is 260 g/mol. The van der Waals surface area contributed by atoms with E-state index in [1.807, 2.05) is 13.8 Å². The van der Waals surface area contributed by atoms with Crippen molar-refractivity contribution in [3.05, 3.63) is 33.9 Å². The third-order valence-corrected chi connectivity index (χ3v) is 2.95. The van der Waals surface area contributed by atoms with Crippen molar-refractivity contribution in [3.8, 4) is 5.75 Å². The Morgan fingerprint density at radius 3 is 2.50 bits per heavy atom. The summed E-state index contributed by atoms with van der Waals surface area (Å²) in [6.07, 6.45) is -0.995. The second-order valence-electron chi connectivity index (χ2n) is 5.15. The van der Waals surface area contributed by atoms with Crippen LogP contribution in [0, 0.1) is 10.1 Å². The van der Waals surface area contributed by atoms with E-state index >= 15 is 0 Å². The molecule has 0 spiro atoms. The van der Waals surface area contributed by atoms with E-state index in [4.69, 9.17) is 4.74 Å². The Bertz CT molecular complexity index is 460. The van der Waals surface area contributed by atoms with Crippen LogP contribution in [0.2, 0.25) is 0 Å². The van der Waals surface area contributed by atoms with Crippen LogP contribution in [0.4, 0.5) is 5.69 Å². The maximum absolute atomic E-state index is 10.8. The molecule has 0 radical (unpaired) electrons. The third kappa shape index (κ3) is 4.79. The molecule has 2 atom stereocenters. The van der Waals surface area contributed by atoms with E-state index in [9.17, 15) is 15.2 Å². The minimum absolute atomic E-state index is 0.0302. The van der Waals surface area contributed by atoms with Gasteiger partial charge in [-0.05, 0) is 19.9 Å². The zero-order valence-corrected chi connectivity index (χ0v) is 12.3. The van der Waals surface area contributed by atoms with Gasteiger partial charge in [0.15, 0.2) is 0 Å². The summed E-state index contributed by atoms with van der Waals surface area (Å²) in [6, 6.07) is 4.74. The van der Waals surface area contributed by atoms with Crippen LogP contribution in [0.25, 0.3) is 0 Å². The molecule has 0 amide bonds. The number of non-ortho nitro benzene ring substituents is 1. The molecule has 112 valence electrons. The topological polar surface area (TPSA) is 84.6 Å². The number of aliphatic hydroxyl groups excluding tert-OH is 1. The lowest BCUT2D eigenvalue weighted by Gasteiger charge is -2.20. The molecule has 6 nitrogen and oxygen atoms in total. The number of benzene rings is 1. The SMILES string of the molecule is CC(C)NCc1cc([N+](=O)[O-])ccc1OC(C)C(C)O. The fourth-order valence-corrected chi connectivity index (χ4v) is 1.55. The Hall–Kier alpha value is -1.66. The number of nitrogens with zero attached hydrogens (tertiary/aromatic N) is 1. The number of hydrogen-bond acceptors (Lipinski definition) is 5. The number of nitrogens with one attached hydrogen (secondary N) is 1. The van der Waals surface area contributed by atoms with E-state index in [2.05, 4.69) is 5.32 Å². The largest absolute Gasteiger partial charge is 0.488 e. The standard InChI is InChI=1S/C14H22N2O4/c1-9(2)15-8-12-7-13(16(18)19)5-6-14(12)20-11(4)10(3)17/h5-7,9-11,15,17H,8H2,1-4H3. The molecule has 0 saturated heterocycles. The quantitative estimate of drug-likeness (QED) is 0.592. The lowest BCUT2D eigenvalue weighted by molar-refractivity contribution is -0.384. The number of nitro groups is 1. The Morgan fingerprint density at radius 2 is 2.00 bits per heavy atom. The highest BCUT2D eigenvalue weighted by molar-refractivity contribution is 5.44. The summed E-state index contributed by atoms with van der Waals surface area (Å²) in [6.45, 7) is 7.86. The van der Waals surface area contributed by atoms with Crippen molar-refractivity contribution in [2.24, 2.45) is 0 Å². The van der Waals surface area contributed by atoms with Crippen LogP contribution in [0.5, 0.6) is 5.75 Å². The van der Waals surface area contributed by atoms with Crippen molar-refractivity contribution in [1.82, 2.24) is 5.32 Å². The molecule has 0 saturated carbocycles. The Morgan fingerprint density at radius 1 is 1.35 bits per heavy atom. The molecule has 0 aromatic heterocycles. The van der Waals surface area contributed by atoms with Crippen LogP contribution in [0.1, 0.15) is 33.3 Å². The van der Waals surface area contributed by atoms with Gasteiger partial charge in [-0.3, -0.25) is 10.1 Å². The molecule has 1 aromatic rings. The highest BCUT2D eigenvalue weighted by atomic mass is 16.6. The predicted octanol–water partition coefficient (Wildman–Crippen LogP) is 2.24. The molecule has 0 heterocycles. The van der Waals surface area contributed by atoms with E-state index in [1.54, 1.807) is 19.9 Å². The van der Waals surface area contributed by atoms with Gasteiger partial charge in [0.2, 0.25) is 0 Å². The molecule has 0 fully saturated rings. The summed E-state index contributed by atoms with van der Waals surface area (Å²) < 4.78 is 5.66. The van der Waals surface area contributed by atoms with E-state index in [0.717, 1.165) is 0 Å². The van der Waals surface area contributed by atoms with Gasteiger partial charge < -0.3 is 15.2 Å². The van der Waals surface area contributed by atoms with Gasteiger partial charge in [0, 0.05) is 30.3 Å². The first-order valence-corrected chi connectivity index (χ1v) is 6.66. The normalized spacial score (nSPS) is 14.1. The monoisotopic (exact) mass is 282 g/mol. The van der Waals surface area contributed by atoms with Gasteiger partial charge in [-0.25, -0.2) is 0 Å². The van der Waals surface area contributed by atoms with Gasteiger partial charge in [0.1, 0.15) is 11.9 Å². The van der Waals surface area contributed by atoms with Gasteiger partial charge in [0.05, 0.1) is 11.0 Å². The fourth-order valence-electron chi connectivity index (χ4n) is 1.55. The van der Waals surface area contributed by atoms with Gasteiger partial charge in [-0.2, -0.15) is 0 Å². The molecule has 20 heavy (non-hydrogen) atoms. The average Bonchev–Trinajstić information content (AvgIpc) is 2.36. The van der Waals surface area contributed by atoms with Crippen molar-refractivity contribution in [3.63, 3.8) is 0 Å². The molecule has 0 bridgehead atoms. The van der Waals surface area contributed by atoms with E-state index in [0.29, 0.717) is 17.9 Å². The lowest BCUT2D eigenvalue weighted by Crippen LogP contribution is -2.27. The van der Waals surface area contributed by atoms with Crippen LogP contribution in [-0.2, 0) is 6.54 Å². The number of aliphatic hydroxyl groups is 1. The molecule has 2 N–H and O–H groups in total.